The van der Waals surface area contributed by atoms with Crippen molar-refractivity contribution < 1.29 is 4.42 Å². The number of nitrogens with zero attached hydrogens (tertiary/aromatic N) is 1. The average molecular weight is 320 g/mol. The van der Waals surface area contributed by atoms with Crippen LogP contribution in [0.4, 0.5) is 5.69 Å². The number of aliphatic imine (C=N–C) groups is 1. The second kappa shape index (κ2) is 6.08. The van der Waals surface area contributed by atoms with Crippen molar-refractivity contribution in [2.75, 3.05) is 0 Å². The van der Waals surface area contributed by atoms with Gasteiger partial charge in [-0.1, -0.05) is 60.5 Å². The summed E-state index contributed by atoms with van der Waals surface area (Å²) in [4.78, 5) is 4.39. The van der Waals surface area contributed by atoms with Crippen LogP contribution in [-0.2, 0) is 6.42 Å². The highest BCUT2D eigenvalue weighted by atomic mass is 35.5. The van der Waals surface area contributed by atoms with Gasteiger partial charge >= 0.3 is 0 Å². The van der Waals surface area contributed by atoms with Crippen LogP contribution in [0.1, 0.15) is 31.1 Å². The van der Waals surface area contributed by atoms with Crippen LogP contribution >= 0.6 is 23.2 Å². The number of furan rings is 1. The highest BCUT2D eigenvalue weighted by molar-refractivity contribution is 6.65. The summed E-state index contributed by atoms with van der Waals surface area (Å²) in [6.45, 7) is 2.13. The van der Waals surface area contributed by atoms with Gasteiger partial charge in [0.25, 0.3) is 0 Å². The molecule has 108 valence electrons. The third-order valence-electron chi connectivity index (χ3n) is 3.49. The van der Waals surface area contributed by atoms with Crippen LogP contribution in [0.5, 0.6) is 0 Å². The first-order chi connectivity index (χ1) is 10.2. The van der Waals surface area contributed by atoms with Crippen LogP contribution < -0.4 is 0 Å². The third-order valence-corrected chi connectivity index (χ3v) is 4.09. The number of halogens is 2. The molecule has 1 aliphatic heterocycles. The Morgan fingerprint density at radius 3 is 2.67 bits per heavy atom. The van der Waals surface area contributed by atoms with E-state index in [1.807, 2.05) is 24.3 Å². The first-order valence-electron chi connectivity index (χ1n) is 6.99. The normalized spacial score (nSPS) is 17.3. The summed E-state index contributed by atoms with van der Waals surface area (Å²) in [5, 5.41) is 1.17. The Labute approximate surface area is 134 Å². The number of benzene rings is 1. The van der Waals surface area contributed by atoms with Crippen molar-refractivity contribution in [3.05, 3.63) is 47.7 Å². The molecule has 1 aromatic carbocycles. The third kappa shape index (κ3) is 3.07. The number of hydrogen-bond acceptors (Lipinski definition) is 2. The minimum absolute atomic E-state index is 0.574. The molecule has 2 nitrogen and oxygen atoms in total. The van der Waals surface area contributed by atoms with E-state index in [0.29, 0.717) is 28.1 Å². The highest BCUT2D eigenvalue weighted by Gasteiger charge is 2.17. The second-order valence-electron chi connectivity index (χ2n) is 4.95. The van der Waals surface area contributed by atoms with Crippen molar-refractivity contribution in [3.8, 4) is 11.3 Å². The summed E-state index contributed by atoms with van der Waals surface area (Å²) in [5.41, 5.74) is 2.99. The summed E-state index contributed by atoms with van der Waals surface area (Å²) in [6, 6.07) is 10.2. The molecular weight excluding hydrogens is 305 g/mol. The largest absolute Gasteiger partial charge is 0.453 e. The monoisotopic (exact) mass is 319 g/mol. The van der Waals surface area contributed by atoms with Crippen molar-refractivity contribution >= 4 is 39.1 Å². The van der Waals surface area contributed by atoms with E-state index < -0.39 is 0 Å². The minimum atomic E-state index is 0.574. The van der Waals surface area contributed by atoms with Crippen molar-refractivity contribution in [2.24, 2.45) is 4.99 Å². The molecule has 1 aromatic heterocycles. The van der Waals surface area contributed by atoms with Gasteiger partial charge in [-0.05, 0) is 18.4 Å². The fourth-order valence-corrected chi connectivity index (χ4v) is 2.72. The van der Waals surface area contributed by atoms with E-state index in [1.165, 1.54) is 5.56 Å². The quantitative estimate of drug-likeness (QED) is 0.651. The lowest BCUT2D eigenvalue weighted by atomic mass is 10.1. The first-order valence-corrected chi connectivity index (χ1v) is 7.75. The second-order valence-corrected chi connectivity index (χ2v) is 5.80. The van der Waals surface area contributed by atoms with E-state index in [4.69, 9.17) is 27.6 Å². The van der Waals surface area contributed by atoms with Gasteiger partial charge in [-0.15, -0.1) is 0 Å². The zero-order chi connectivity index (χ0) is 14.8. The van der Waals surface area contributed by atoms with E-state index in [9.17, 15) is 0 Å². The highest BCUT2D eigenvalue weighted by Crippen LogP contribution is 2.38. The van der Waals surface area contributed by atoms with E-state index in [2.05, 4.69) is 24.0 Å². The lowest BCUT2D eigenvalue weighted by molar-refractivity contribution is 0.570. The fourth-order valence-electron chi connectivity index (χ4n) is 2.28. The summed E-state index contributed by atoms with van der Waals surface area (Å²) in [7, 11) is 0. The van der Waals surface area contributed by atoms with Gasteiger partial charge < -0.3 is 4.42 Å². The van der Waals surface area contributed by atoms with Crippen LogP contribution in [0.3, 0.4) is 0 Å². The van der Waals surface area contributed by atoms with Gasteiger partial charge in [0, 0.05) is 18.1 Å². The average Bonchev–Trinajstić information content (AvgIpc) is 2.89. The SMILES string of the molecule is CCc1ccc(-c2cc3c(o2)/C(Cl)=C\CCC(Cl)=N3)cc1. The Balaban J connectivity index is 2.05. The molecule has 0 aliphatic carbocycles. The van der Waals surface area contributed by atoms with Gasteiger partial charge in [0.1, 0.15) is 16.6 Å². The topological polar surface area (TPSA) is 25.5 Å². The molecule has 2 heterocycles. The summed E-state index contributed by atoms with van der Waals surface area (Å²) in [6.07, 6.45) is 4.40. The molecule has 3 rings (SSSR count). The standard InChI is InChI=1S/C17H15Cl2NO/c1-2-11-6-8-12(9-7-11)15-10-14-17(21-15)13(18)4-3-5-16(19)20-14/h4,6-10H,2-3,5H2,1H3/b13-4+,20-16?. The Bertz CT molecular complexity index is 711. The molecule has 0 bridgehead atoms. The predicted molar refractivity (Wildman–Crippen MR) is 89.5 cm³/mol. The van der Waals surface area contributed by atoms with Crippen molar-refractivity contribution in [1.82, 2.24) is 0 Å². The number of hydrogen-bond donors (Lipinski definition) is 0. The van der Waals surface area contributed by atoms with Gasteiger partial charge in [0.15, 0.2) is 5.76 Å². The van der Waals surface area contributed by atoms with Gasteiger partial charge in [-0.25, -0.2) is 4.99 Å². The first kappa shape index (κ1) is 14.4. The molecule has 0 fully saturated rings. The summed E-state index contributed by atoms with van der Waals surface area (Å²) >= 11 is 12.4. The van der Waals surface area contributed by atoms with Gasteiger partial charge in [-0.3, -0.25) is 0 Å². The fraction of sp³-hybridized carbons (Fsp3) is 0.235. The van der Waals surface area contributed by atoms with Gasteiger partial charge in [0.05, 0.1) is 5.03 Å². The molecule has 0 spiro atoms. The van der Waals surface area contributed by atoms with Crippen LogP contribution in [-0.4, -0.2) is 5.17 Å². The molecule has 4 heteroatoms. The lowest BCUT2D eigenvalue weighted by Gasteiger charge is -2.02. The molecule has 1 aliphatic rings. The molecular formula is C17H15Cl2NO. The summed E-state index contributed by atoms with van der Waals surface area (Å²) in [5.74, 6) is 1.34. The predicted octanol–water partition coefficient (Wildman–Crippen LogP) is 6.15. The van der Waals surface area contributed by atoms with Crippen LogP contribution in [0.2, 0.25) is 0 Å². The Hall–Kier alpha value is -1.51. The zero-order valence-electron chi connectivity index (χ0n) is 11.7. The maximum Gasteiger partial charge on any atom is 0.171 e. The Kier molecular flexibility index (Phi) is 4.18. The molecule has 21 heavy (non-hydrogen) atoms. The molecule has 0 saturated carbocycles. The molecule has 0 amide bonds. The maximum atomic E-state index is 6.28. The molecule has 0 radical (unpaired) electrons. The molecule has 0 atom stereocenters. The van der Waals surface area contributed by atoms with E-state index in [1.54, 1.807) is 0 Å². The Morgan fingerprint density at radius 1 is 1.19 bits per heavy atom. The van der Waals surface area contributed by atoms with Crippen molar-refractivity contribution in [2.45, 2.75) is 26.2 Å². The Morgan fingerprint density at radius 2 is 1.95 bits per heavy atom. The number of fused-ring (bicyclic) bond motifs is 1. The van der Waals surface area contributed by atoms with Crippen LogP contribution in [0.15, 0.2) is 45.8 Å². The molecule has 0 saturated heterocycles. The number of allylic oxidation sites excluding steroid dienone is 1. The smallest absolute Gasteiger partial charge is 0.171 e. The van der Waals surface area contributed by atoms with Crippen molar-refractivity contribution in [1.29, 1.82) is 0 Å². The van der Waals surface area contributed by atoms with E-state index in [-0.39, 0.29) is 0 Å². The zero-order valence-corrected chi connectivity index (χ0v) is 13.2. The van der Waals surface area contributed by atoms with Crippen LogP contribution in [0, 0.1) is 0 Å². The number of aryl methyl sites for hydroxylation is 1. The van der Waals surface area contributed by atoms with Gasteiger partial charge in [0.2, 0.25) is 0 Å². The minimum Gasteiger partial charge on any atom is -0.453 e. The molecule has 0 N–H and O–H groups in total. The maximum absolute atomic E-state index is 6.28. The van der Waals surface area contributed by atoms with E-state index in [0.717, 1.165) is 24.2 Å². The van der Waals surface area contributed by atoms with Crippen LogP contribution in [0.25, 0.3) is 16.4 Å². The lowest BCUT2D eigenvalue weighted by Crippen LogP contribution is -1.89. The summed E-state index contributed by atoms with van der Waals surface area (Å²) < 4.78 is 5.90. The van der Waals surface area contributed by atoms with E-state index >= 15 is 0 Å². The van der Waals surface area contributed by atoms with Gasteiger partial charge in [-0.2, -0.15) is 0 Å². The number of rotatable bonds is 2. The molecule has 2 aromatic rings. The molecule has 0 unspecified atom stereocenters. The van der Waals surface area contributed by atoms with Crippen molar-refractivity contribution in [3.63, 3.8) is 0 Å².